The molecule has 1 aliphatic rings. The van der Waals surface area contributed by atoms with E-state index in [4.69, 9.17) is 4.74 Å². The number of esters is 1. The lowest BCUT2D eigenvalue weighted by atomic mass is 10.1. The van der Waals surface area contributed by atoms with Gasteiger partial charge in [-0.15, -0.1) is 0 Å². The van der Waals surface area contributed by atoms with Crippen LogP contribution in [0.4, 0.5) is 0 Å². The first-order chi connectivity index (χ1) is 8.02. The molecule has 0 spiro atoms. The molecule has 0 aromatic heterocycles. The van der Waals surface area contributed by atoms with E-state index in [0.29, 0.717) is 12.1 Å². The van der Waals surface area contributed by atoms with E-state index in [1.165, 1.54) is 25.2 Å². The van der Waals surface area contributed by atoms with Gasteiger partial charge >= 0.3 is 5.97 Å². The van der Waals surface area contributed by atoms with Crippen LogP contribution < -0.4 is 5.32 Å². The van der Waals surface area contributed by atoms with Crippen LogP contribution in [0, 0.1) is 0 Å². The maximum atomic E-state index is 11.4. The number of hydrogen-bond donors (Lipinski definition) is 1. The third-order valence-electron chi connectivity index (χ3n) is 2.09. The predicted molar refractivity (Wildman–Crippen MR) is 60.8 cm³/mol. The number of carbonyl (C=O) groups is 3. The summed E-state index contributed by atoms with van der Waals surface area (Å²) < 4.78 is 4.81. The largest absolute Gasteiger partial charge is 0.450 e. The van der Waals surface area contributed by atoms with Gasteiger partial charge in [0.2, 0.25) is 5.91 Å². The molecule has 17 heavy (non-hydrogen) atoms. The standard InChI is InChI=1S/C12H15NO4/c1-3-4-12(16)13-9-5-6-10(15)11(7-9)17-8(2)14/h5-7,11H,3-4H2,1-2H3,(H,13,16). The lowest BCUT2D eigenvalue weighted by Crippen LogP contribution is -2.30. The van der Waals surface area contributed by atoms with E-state index in [-0.39, 0.29) is 11.7 Å². The van der Waals surface area contributed by atoms with E-state index in [1.807, 2.05) is 6.92 Å². The Morgan fingerprint density at radius 3 is 2.71 bits per heavy atom. The van der Waals surface area contributed by atoms with Crippen LogP contribution in [0.15, 0.2) is 23.9 Å². The summed E-state index contributed by atoms with van der Waals surface area (Å²) in [5, 5.41) is 2.64. The maximum absolute atomic E-state index is 11.4. The number of amides is 1. The van der Waals surface area contributed by atoms with Crippen molar-refractivity contribution in [2.45, 2.75) is 32.8 Å². The molecule has 0 fully saturated rings. The van der Waals surface area contributed by atoms with E-state index < -0.39 is 12.1 Å². The van der Waals surface area contributed by atoms with E-state index in [9.17, 15) is 14.4 Å². The first kappa shape index (κ1) is 13.2. The highest BCUT2D eigenvalue weighted by Gasteiger charge is 2.21. The molecule has 0 saturated heterocycles. The van der Waals surface area contributed by atoms with Crippen LogP contribution in [0.1, 0.15) is 26.7 Å². The second-order valence-corrected chi connectivity index (χ2v) is 3.69. The Hall–Kier alpha value is -1.91. The Balaban J connectivity index is 2.66. The average molecular weight is 237 g/mol. The van der Waals surface area contributed by atoms with Gasteiger partial charge in [-0.25, -0.2) is 0 Å². The monoisotopic (exact) mass is 237 g/mol. The number of carbonyl (C=O) groups excluding carboxylic acids is 3. The van der Waals surface area contributed by atoms with Gasteiger partial charge < -0.3 is 10.1 Å². The molecule has 5 heteroatoms. The zero-order chi connectivity index (χ0) is 12.8. The van der Waals surface area contributed by atoms with Gasteiger partial charge in [0, 0.05) is 19.0 Å². The van der Waals surface area contributed by atoms with Gasteiger partial charge in [-0.3, -0.25) is 14.4 Å². The van der Waals surface area contributed by atoms with E-state index in [2.05, 4.69) is 5.32 Å². The van der Waals surface area contributed by atoms with Gasteiger partial charge in [0.1, 0.15) is 0 Å². The van der Waals surface area contributed by atoms with E-state index in [1.54, 1.807) is 0 Å². The average Bonchev–Trinajstić information content (AvgIpc) is 2.22. The summed E-state index contributed by atoms with van der Waals surface area (Å²) in [7, 11) is 0. The number of rotatable bonds is 4. The highest BCUT2D eigenvalue weighted by Crippen LogP contribution is 2.09. The summed E-state index contributed by atoms with van der Waals surface area (Å²) in [6.45, 7) is 3.13. The summed E-state index contributed by atoms with van der Waals surface area (Å²) in [6.07, 6.45) is 4.43. The Morgan fingerprint density at radius 2 is 2.12 bits per heavy atom. The Kier molecular flexibility index (Phi) is 4.63. The molecule has 0 bridgehead atoms. The molecule has 1 rings (SSSR count). The molecule has 0 aromatic rings. The SMILES string of the molecule is CCCC(=O)NC1=CC(OC(C)=O)C(=O)C=C1. The zero-order valence-corrected chi connectivity index (χ0v) is 9.86. The molecule has 0 aliphatic heterocycles. The third-order valence-corrected chi connectivity index (χ3v) is 2.09. The third kappa shape index (κ3) is 4.22. The molecule has 0 saturated carbocycles. The van der Waals surface area contributed by atoms with Gasteiger partial charge in [-0.05, 0) is 24.6 Å². The number of hydrogen-bond acceptors (Lipinski definition) is 4. The van der Waals surface area contributed by atoms with Crippen molar-refractivity contribution in [1.29, 1.82) is 0 Å². The molecule has 0 heterocycles. The summed E-state index contributed by atoms with van der Waals surface area (Å²) in [5.74, 6) is -0.970. The van der Waals surface area contributed by atoms with Crippen LogP contribution in [-0.2, 0) is 19.1 Å². The zero-order valence-electron chi connectivity index (χ0n) is 9.86. The van der Waals surface area contributed by atoms with E-state index in [0.717, 1.165) is 6.42 Å². The molecule has 1 unspecified atom stereocenters. The van der Waals surface area contributed by atoms with Gasteiger partial charge in [0.05, 0.1) is 0 Å². The molecule has 1 aliphatic carbocycles. The lowest BCUT2D eigenvalue weighted by molar-refractivity contribution is -0.148. The van der Waals surface area contributed by atoms with Gasteiger partial charge in [-0.2, -0.15) is 0 Å². The van der Waals surface area contributed by atoms with Crippen molar-refractivity contribution in [2.24, 2.45) is 0 Å². The highest BCUT2D eigenvalue weighted by atomic mass is 16.5. The minimum Gasteiger partial charge on any atom is -0.450 e. The minimum atomic E-state index is -0.936. The van der Waals surface area contributed by atoms with Gasteiger partial charge in [0.15, 0.2) is 11.9 Å². The lowest BCUT2D eigenvalue weighted by Gasteiger charge is -2.16. The van der Waals surface area contributed by atoms with Crippen molar-refractivity contribution < 1.29 is 19.1 Å². The van der Waals surface area contributed by atoms with Crippen molar-refractivity contribution in [3.05, 3.63) is 23.9 Å². The first-order valence-electron chi connectivity index (χ1n) is 5.43. The fraction of sp³-hybridized carbons (Fsp3) is 0.417. The quantitative estimate of drug-likeness (QED) is 0.736. The van der Waals surface area contributed by atoms with Crippen LogP contribution in [0.2, 0.25) is 0 Å². The van der Waals surface area contributed by atoms with Crippen LogP contribution in [0.5, 0.6) is 0 Å². The Morgan fingerprint density at radius 1 is 1.41 bits per heavy atom. The predicted octanol–water partition coefficient (Wildman–Crippen LogP) is 0.857. The fourth-order valence-electron chi connectivity index (χ4n) is 1.37. The van der Waals surface area contributed by atoms with Gasteiger partial charge in [0.25, 0.3) is 0 Å². The fourth-order valence-corrected chi connectivity index (χ4v) is 1.37. The Labute approximate surface area is 99.5 Å². The molecule has 0 radical (unpaired) electrons. The molecule has 1 amide bonds. The van der Waals surface area contributed by atoms with Gasteiger partial charge in [-0.1, -0.05) is 6.92 Å². The molecular formula is C12H15NO4. The second kappa shape index (κ2) is 5.98. The molecule has 92 valence electrons. The molecule has 5 nitrogen and oxygen atoms in total. The van der Waals surface area contributed by atoms with Crippen molar-refractivity contribution in [3.8, 4) is 0 Å². The second-order valence-electron chi connectivity index (χ2n) is 3.69. The normalized spacial score (nSPS) is 18.6. The van der Waals surface area contributed by atoms with Crippen LogP contribution >= 0.6 is 0 Å². The number of nitrogens with one attached hydrogen (secondary N) is 1. The maximum Gasteiger partial charge on any atom is 0.303 e. The van der Waals surface area contributed by atoms with Crippen LogP contribution in [0.3, 0.4) is 0 Å². The summed E-state index contributed by atoms with van der Waals surface area (Å²) in [4.78, 5) is 33.5. The topological polar surface area (TPSA) is 72.5 Å². The van der Waals surface area contributed by atoms with Crippen LogP contribution in [-0.4, -0.2) is 23.8 Å². The summed E-state index contributed by atoms with van der Waals surface area (Å²) in [6, 6.07) is 0. The van der Waals surface area contributed by atoms with Crippen molar-refractivity contribution in [1.82, 2.24) is 5.32 Å². The highest BCUT2D eigenvalue weighted by molar-refractivity contribution is 5.98. The number of ketones is 1. The number of allylic oxidation sites excluding steroid dienone is 1. The smallest absolute Gasteiger partial charge is 0.303 e. The summed E-state index contributed by atoms with van der Waals surface area (Å²) in [5.41, 5.74) is 0.481. The van der Waals surface area contributed by atoms with Crippen molar-refractivity contribution in [2.75, 3.05) is 0 Å². The molecule has 1 N–H and O–H groups in total. The molecule has 0 aromatic carbocycles. The number of ether oxygens (including phenoxy) is 1. The summed E-state index contributed by atoms with van der Waals surface area (Å²) >= 11 is 0. The minimum absolute atomic E-state index is 0.126. The van der Waals surface area contributed by atoms with Crippen LogP contribution in [0.25, 0.3) is 0 Å². The molecular weight excluding hydrogens is 222 g/mol. The molecule has 1 atom stereocenters. The first-order valence-corrected chi connectivity index (χ1v) is 5.43. The Bertz CT molecular complexity index is 395. The van der Waals surface area contributed by atoms with Crippen molar-refractivity contribution in [3.63, 3.8) is 0 Å². The van der Waals surface area contributed by atoms with Crippen molar-refractivity contribution >= 4 is 17.7 Å². The van der Waals surface area contributed by atoms with E-state index >= 15 is 0 Å².